The number of nitrogens with two attached hydrogens (primary N) is 1. The van der Waals surface area contributed by atoms with Crippen LogP contribution < -0.4 is 5.73 Å². The largest absolute Gasteiger partial charge is 0.379 e. The van der Waals surface area contributed by atoms with E-state index in [4.69, 9.17) is 10.5 Å². The number of rotatable bonds is 5. The molecule has 0 aliphatic carbocycles. The van der Waals surface area contributed by atoms with Gasteiger partial charge in [0.1, 0.15) is 0 Å². The Morgan fingerprint density at radius 3 is 2.74 bits per heavy atom. The van der Waals surface area contributed by atoms with E-state index < -0.39 is 0 Å². The van der Waals surface area contributed by atoms with Crippen LogP contribution in [0, 0.1) is 0 Å². The minimum Gasteiger partial charge on any atom is -0.379 e. The van der Waals surface area contributed by atoms with E-state index >= 15 is 0 Å². The van der Waals surface area contributed by atoms with Gasteiger partial charge < -0.3 is 10.5 Å². The Balaban J connectivity index is 2.17. The zero-order chi connectivity index (χ0) is 13.9. The molecule has 3 nitrogen and oxygen atoms in total. The summed E-state index contributed by atoms with van der Waals surface area (Å²) < 4.78 is 5.44. The van der Waals surface area contributed by atoms with Gasteiger partial charge in [-0.05, 0) is 44.4 Å². The predicted octanol–water partition coefficient (Wildman–Crippen LogP) is 2.92. The Hall–Kier alpha value is -1.45. The Morgan fingerprint density at radius 1 is 1.26 bits per heavy atom. The molecule has 1 atom stereocenters. The molecule has 2 aromatic rings. The Bertz CT molecular complexity index is 546. The summed E-state index contributed by atoms with van der Waals surface area (Å²) in [6, 6.07) is 10.3. The van der Waals surface area contributed by atoms with Gasteiger partial charge in [0.2, 0.25) is 0 Å². The molecule has 0 bridgehead atoms. The van der Waals surface area contributed by atoms with Crippen molar-refractivity contribution in [3.05, 3.63) is 42.1 Å². The van der Waals surface area contributed by atoms with Gasteiger partial charge in [0.05, 0.1) is 11.1 Å². The number of benzene rings is 1. The molecule has 102 valence electrons. The lowest BCUT2D eigenvalue weighted by atomic mass is 9.93. The molecular formula is C16H22N2O. The fraction of sp³-hybridized carbons (Fsp3) is 0.438. The summed E-state index contributed by atoms with van der Waals surface area (Å²) in [5.74, 6) is 0. The highest BCUT2D eigenvalue weighted by atomic mass is 16.5. The van der Waals surface area contributed by atoms with E-state index in [9.17, 15) is 0 Å². The van der Waals surface area contributed by atoms with Crippen molar-refractivity contribution in [2.75, 3.05) is 7.11 Å². The quantitative estimate of drug-likeness (QED) is 0.897. The molecule has 0 fully saturated rings. The molecule has 0 saturated heterocycles. The Labute approximate surface area is 114 Å². The first-order chi connectivity index (χ1) is 9.02. The highest BCUT2D eigenvalue weighted by Gasteiger charge is 2.21. The van der Waals surface area contributed by atoms with Gasteiger partial charge in [-0.25, -0.2) is 0 Å². The van der Waals surface area contributed by atoms with Crippen LogP contribution in [-0.2, 0) is 11.2 Å². The van der Waals surface area contributed by atoms with Crippen LogP contribution in [0.3, 0.4) is 0 Å². The molecule has 2 N–H and O–H groups in total. The maximum Gasteiger partial charge on any atom is 0.0704 e. The van der Waals surface area contributed by atoms with E-state index in [-0.39, 0.29) is 11.6 Å². The van der Waals surface area contributed by atoms with Gasteiger partial charge in [-0.3, -0.25) is 4.98 Å². The summed E-state index contributed by atoms with van der Waals surface area (Å²) in [6.45, 7) is 4.13. The number of ether oxygens (including phenoxy) is 1. The van der Waals surface area contributed by atoms with Crippen LogP contribution >= 0.6 is 0 Å². The lowest BCUT2D eigenvalue weighted by Crippen LogP contribution is -2.35. The fourth-order valence-electron chi connectivity index (χ4n) is 2.40. The number of nitrogens with zero attached hydrogens (tertiary/aromatic N) is 1. The maximum absolute atomic E-state index is 6.26. The molecule has 0 amide bonds. The van der Waals surface area contributed by atoms with Crippen molar-refractivity contribution in [3.8, 4) is 0 Å². The Kier molecular flexibility index (Phi) is 4.17. The van der Waals surface area contributed by atoms with Crippen molar-refractivity contribution < 1.29 is 4.74 Å². The zero-order valence-corrected chi connectivity index (χ0v) is 11.9. The molecular weight excluding hydrogens is 236 g/mol. The van der Waals surface area contributed by atoms with Crippen molar-refractivity contribution in [1.82, 2.24) is 4.98 Å². The monoisotopic (exact) mass is 258 g/mol. The number of fused-ring (bicyclic) bond motifs is 1. The molecule has 0 aliphatic rings. The van der Waals surface area contributed by atoms with Crippen molar-refractivity contribution in [1.29, 1.82) is 0 Å². The molecule has 0 saturated carbocycles. The van der Waals surface area contributed by atoms with Crippen molar-refractivity contribution >= 4 is 10.9 Å². The highest BCUT2D eigenvalue weighted by Crippen LogP contribution is 2.21. The normalized spacial score (nSPS) is 13.7. The lowest BCUT2D eigenvalue weighted by molar-refractivity contribution is 0.0102. The number of aromatic nitrogens is 1. The number of pyridine rings is 1. The number of hydrogen-bond acceptors (Lipinski definition) is 3. The van der Waals surface area contributed by atoms with Gasteiger partial charge in [-0.1, -0.05) is 18.2 Å². The number of methoxy groups -OCH3 is 1. The van der Waals surface area contributed by atoms with Crippen molar-refractivity contribution in [2.45, 2.75) is 38.3 Å². The lowest BCUT2D eigenvalue weighted by Gasteiger charge is -2.26. The second-order valence-electron chi connectivity index (χ2n) is 5.62. The van der Waals surface area contributed by atoms with Gasteiger partial charge in [0.25, 0.3) is 0 Å². The molecule has 1 aromatic carbocycles. The fourth-order valence-corrected chi connectivity index (χ4v) is 2.40. The van der Waals surface area contributed by atoms with Gasteiger partial charge in [-0.15, -0.1) is 0 Å². The molecule has 1 aromatic heterocycles. The van der Waals surface area contributed by atoms with E-state index in [0.29, 0.717) is 0 Å². The summed E-state index contributed by atoms with van der Waals surface area (Å²) in [4.78, 5) is 4.37. The maximum atomic E-state index is 6.26. The van der Waals surface area contributed by atoms with Crippen LogP contribution in [0.4, 0.5) is 0 Å². The molecule has 0 aliphatic heterocycles. The third kappa shape index (κ3) is 3.52. The number of hydrogen-bond donors (Lipinski definition) is 1. The van der Waals surface area contributed by atoms with E-state index in [0.717, 1.165) is 18.4 Å². The van der Waals surface area contributed by atoms with Gasteiger partial charge >= 0.3 is 0 Å². The van der Waals surface area contributed by atoms with Gasteiger partial charge in [0.15, 0.2) is 0 Å². The summed E-state index contributed by atoms with van der Waals surface area (Å²) >= 11 is 0. The van der Waals surface area contributed by atoms with Crippen molar-refractivity contribution in [3.63, 3.8) is 0 Å². The van der Waals surface area contributed by atoms with Crippen LogP contribution in [0.25, 0.3) is 10.9 Å². The first-order valence-corrected chi connectivity index (χ1v) is 6.65. The van der Waals surface area contributed by atoms with Crippen LogP contribution in [0.2, 0.25) is 0 Å². The Morgan fingerprint density at radius 2 is 2.00 bits per heavy atom. The topological polar surface area (TPSA) is 48.1 Å². The SMILES string of the molecule is COC(C)(C)CC(N)Cc1ccnc2ccccc12. The minimum atomic E-state index is -0.178. The summed E-state index contributed by atoms with van der Waals surface area (Å²) in [7, 11) is 1.73. The summed E-state index contributed by atoms with van der Waals surface area (Å²) in [5.41, 5.74) is 8.36. The standard InChI is InChI=1S/C16H22N2O/c1-16(2,19-3)11-13(17)10-12-8-9-18-15-7-5-4-6-14(12)15/h4-9,13H,10-11,17H2,1-3H3. The average molecular weight is 258 g/mol. The summed E-state index contributed by atoms with van der Waals surface area (Å²) in [6.07, 6.45) is 3.53. The minimum absolute atomic E-state index is 0.0840. The van der Waals surface area contributed by atoms with Gasteiger partial charge in [-0.2, -0.15) is 0 Å². The number of para-hydroxylation sites is 1. The molecule has 1 unspecified atom stereocenters. The molecule has 3 heteroatoms. The first kappa shape index (κ1) is 14.0. The highest BCUT2D eigenvalue weighted by molar-refractivity contribution is 5.81. The van der Waals surface area contributed by atoms with Crippen LogP contribution in [0.1, 0.15) is 25.8 Å². The average Bonchev–Trinajstić information content (AvgIpc) is 2.38. The molecule has 1 heterocycles. The molecule has 0 radical (unpaired) electrons. The smallest absolute Gasteiger partial charge is 0.0704 e. The van der Waals surface area contributed by atoms with E-state index in [1.54, 1.807) is 7.11 Å². The van der Waals surface area contributed by atoms with E-state index in [1.807, 2.05) is 24.4 Å². The van der Waals surface area contributed by atoms with Crippen LogP contribution in [-0.4, -0.2) is 23.7 Å². The van der Waals surface area contributed by atoms with Gasteiger partial charge in [0, 0.05) is 24.7 Å². The van der Waals surface area contributed by atoms with Crippen LogP contribution in [0.15, 0.2) is 36.5 Å². The second-order valence-corrected chi connectivity index (χ2v) is 5.62. The predicted molar refractivity (Wildman–Crippen MR) is 79.1 cm³/mol. The summed E-state index contributed by atoms with van der Waals surface area (Å²) in [5, 5.41) is 1.19. The van der Waals surface area contributed by atoms with E-state index in [2.05, 4.69) is 31.0 Å². The first-order valence-electron chi connectivity index (χ1n) is 6.65. The zero-order valence-electron chi connectivity index (χ0n) is 11.9. The molecule has 2 rings (SSSR count). The third-order valence-corrected chi connectivity index (χ3v) is 3.53. The van der Waals surface area contributed by atoms with Crippen molar-refractivity contribution in [2.24, 2.45) is 5.73 Å². The molecule has 19 heavy (non-hydrogen) atoms. The van der Waals surface area contributed by atoms with E-state index in [1.165, 1.54) is 10.9 Å². The van der Waals surface area contributed by atoms with Crippen LogP contribution in [0.5, 0.6) is 0 Å². The molecule has 0 spiro atoms. The third-order valence-electron chi connectivity index (χ3n) is 3.53. The second kappa shape index (κ2) is 5.68.